The molecule has 0 amide bonds. The van der Waals surface area contributed by atoms with Crippen molar-refractivity contribution in [1.29, 1.82) is 0 Å². The number of carboxylic acid groups (broad SMARTS) is 2. The summed E-state index contributed by atoms with van der Waals surface area (Å²) in [5, 5.41) is 24.4. The molecule has 0 aliphatic rings. The van der Waals surface area contributed by atoms with Gasteiger partial charge in [-0.3, -0.25) is 0 Å². The van der Waals surface area contributed by atoms with E-state index in [0.29, 0.717) is 24.7 Å². The number of carbonyl (C=O) groups excluding carboxylic acids is 2. The van der Waals surface area contributed by atoms with E-state index in [9.17, 15) is 19.8 Å². The molecular weight excluding hydrogens is 604 g/mol. The number of carboxylic acids is 2. The van der Waals surface area contributed by atoms with Crippen molar-refractivity contribution in [2.24, 2.45) is 17.3 Å². The number of hydrogen-bond donors (Lipinski definition) is 0. The Kier molecular flexibility index (Phi) is 34.6. The quantitative estimate of drug-likeness (QED) is 0.0599. The van der Waals surface area contributed by atoms with Crippen molar-refractivity contribution in [3.63, 3.8) is 0 Å². The van der Waals surface area contributed by atoms with Gasteiger partial charge in [-0.2, -0.15) is 0 Å². The Balaban J connectivity index is 5.78. The van der Waals surface area contributed by atoms with Gasteiger partial charge in [-0.05, 0) is 43.9 Å². The molecule has 2 atom stereocenters. The highest BCUT2D eigenvalue weighted by Crippen LogP contribution is 2.43. The predicted octanol–water partition coefficient (Wildman–Crippen LogP) is 12.8. The fourth-order valence-corrected chi connectivity index (χ4v) is 8.30. The van der Waals surface area contributed by atoms with Gasteiger partial charge in [0.15, 0.2) is 0 Å². The molecule has 0 saturated heterocycles. The van der Waals surface area contributed by atoms with Gasteiger partial charge in [0.2, 0.25) is 0 Å². The first-order chi connectivity index (χ1) is 23.8. The zero-order chi connectivity index (χ0) is 36.3. The fourth-order valence-electron chi connectivity index (χ4n) is 8.30. The van der Waals surface area contributed by atoms with Crippen molar-refractivity contribution in [1.82, 2.24) is 0 Å². The van der Waals surface area contributed by atoms with E-state index < -0.39 is 17.4 Å². The lowest BCUT2D eigenvalue weighted by Crippen LogP contribution is -2.45. The monoisotopic (exact) mass is 691 g/mol. The summed E-state index contributed by atoms with van der Waals surface area (Å²) in [4.78, 5) is 24.4. The Labute approximate surface area is 307 Å². The predicted molar refractivity (Wildman–Crippen MR) is 208 cm³/mol. The van der Waals surface area contributed by atoms with Gasteiger partial charge in [0, 0.05) is 17.4 Å². The number of aliphatic carboxylic acids is 2. The summed E-state index contributed by atoms with van der Waals surface area (Å²) in [6.07, 6.45) is 41.0. The van der Waals surface area contributed by atoms with Gasteiger partial charge in [0.1, 0.15) is 0 Å². The van der Waals surface area contributed by atoms with E-state index >= 15 is 0 Å². The van der Waals surface area contributed by atoms with E-state index in [1.165, 1.54) is 154 Å². The summed E-state index contributed by atoms with van der Waals surface area (Å²) in [5.74, 6) is -0.873. The molecule has 0 saturated carbocycles. The van der Waals surface area contributed by atoms with Crippen LogP contribution >= 0.6 is 0 Å². The number of unbranched alkanes of at least 4 members (excludes halogenated alkanes) is 23. The first-order valence-electron chi connectivity index (χ1n) is 22.3. The lowest BCUT2D eigenvalue weighted by molar-refractivity contribution is -0.322. The van der Waals surface area contributed by atoms with Gasteiger partial charge in [-0.25, -0.2) is 0 Å². The lowest BCUT2D eigenvalue weighted by Gasteiger charge is -2.41. The van der Waals surface area contributed by atoms with E-state index in [1.807, 2.05) is 0 Å². The maximum absolute atomic E-state index is 13.5. The van der Waals surface area contributed by atoms with Crippen molar-refractivity contribution < 1.29 is 19.8 Å². The minimum Gasteiger partial charge on any atom is -0.550 e. The van der Waals surface area contributed by atoms with Gasteiger partial charge < -0.3 is 19.8 Å². The second-order valence-electron chi connectivity index (χ2n) is 16.2. The smallest absolute Gasteiger partial charge is 0.0476 e. The van der Waals surface area contributed by atoms with Gasteiger partial charge in [0.05, 0.1) is 0 Å². The van der Waals surface area contributed by atoms with Crippen LogP contribution < -0.4 is 10.2 Å². The Morgan fingerprint density at radius 2 is 0.694 bits per heavy atom. The summed E-state index contributed by atoms with van der Waals surface area (Å²) >= 11 is 0. The van der Waals surface area contributed by atoms with E-state index in [2.05, 4.69) is 27.7 Å². The van der Waals surface area contributed by atoms with Crippen molar-refractivity contribution >= 4 is 11.9 Å². The van der Waals surface area contributed by atoms with Gasteiger partial charge in [0.25, 0.3) is 0 Å². The Morgan fingerprint density at radius 3 is 1.02 bits per heavy atom. The minimum atomic E-state index is -0.983. The van der Waals surface area contributed by atoms with Gasteiger partial charge >= 0.3 is 0 Å². The molecule has 0 heterocycles. The Morgan fingerprint density at radius 1 is 0.408 bits per heavy atom. The second-order valence-corrected chi connectivity index (χ2v) is 16.2. The molecule has 0 rings (SSSR count). The third kappa shape index (κ3) is 29.2. The molecule has 2 unspecified atom stereocenters. The zero-order valence-electron chi connectivity index (χ0n) is 33.7. The summed E-state index contributed by atoms with van der Waals surface area (Å²) in [5.41, 5.74) is -0.764. The highest BCUT2D eigenvalue weighted by Gasteiger charge is 2.36. The molecular formula is C45H86O4-2. The highest BCUT2D eigenvalue weighted by molar-refractivity contribution is 5.72. The molecule has 0 aliphatic heterocycles. The zero-order valence-corrected chi connectivity index (χ0v) is 33.7. The van der Waals surface area contributed by atoms with Crippen LogP contribution in [0.2, 0.25) is 0 Å². The molecule has 292 valence electrons. The molecule has 4 heteroatoms. The average molecular weight is 691 g/mol. The molecule has 0 aromatic carbocycles. The summed E-state index contributed by atoms with van der Waals surface area (Å²) < 4.78 is 0. The highest BCUT2D eigenvalue weighted by atomic mass is 16.4. The molecule has 0 aromatic heterocycles. The molecule has 4 nitrogen and oxygen atoms in total. The van der Waals surface area contributed by atoms with Crippen LogP contribution in [0.25, 0.3) is 0 Å². The molecule has 0 fully saturated rings. The molecule has 0 aromatic rings. The number of rotatable bonds is 40. The third-order valence-electron chi connectivity index (χ3n) is 11.4. The maximum Gasteiger partial charge on any atom is 0.0476 e. The molecule has 0 spiro atoms. The average Bonchev–Trinajstić information content (AvgIpc) is 3.08. The summed E-state index contributed by atoms with van der Waals surface area (Å²) in [6, 6.07) is 0. The van der Waals surface area contributed by atoms with E-state index in [4.69, 9.17) is 0 Å². The fraction of sp³-hybridized carbons (Fsp3) is 0.956. The van der Waals surface area contributed by atoms with Gasteiger partial charge in [-0.1, -0.05) is 227 Å². The standard InChI is InChI=1S/C45H88O4/c1-5-9-13-17-19-21-23-29-35-41(33-27-15-11-7-3)39-45(44(48)49,38-32-26-25-31-37-43(46)47)40-42(34-28-16-12-8-4)36-30-24-22-20-18-14-10-6-2/h41-42H,5-40H2,1-4H3,(H,46,47)(H,48,49)/p-2. The van der Waals surface area contributed by atoms with Crippen LogP contribution in [0.1, 0.15) is 259 Å². The summed E-state index contributed by atoms with van der Waals surface area (Å²) in [6.45, 7) is 9.07. The molecule has 0 radical (unpaired) electrons. The SMILES string of the molecule is CCCCCCCCCCC(CCCCCC)CC(CCCCCCC(=O)[O-])(CC(CCCCCC)CCCCCCCCCC)C(=O)[O-]. The van der Waals surface area contributed by atoms with E-state index in [1.54, 1.807) is 0 Å². The normalized spacial score (nSPS) is 14.1. The van der Waals surface area contributed by atoms with Crippen LogP contribution in [0.5, 0.6) is 0 Å². The third-order valence-corrected chi connectivity index (χ3v) is 11.4. The van der Waals surface area contributed by atoms with Crippen molar-refractivity contribution in [2.45, 2.75) is 259 Å². The van der Waals surface area contributed by atoms with Crippen LogP contribution in [0, 0.1) is 17.3 Å². The molecule has 0 bridgehead atoms. The minimum absolute atomic E-state index is 0.0997. The van der Waals surface area contributed by atoms with Crippen LogP contribution in [0.3, 0.4) is 0 Å². The first kappa shape index (κ1) is 47.9. The first-order valence-corrected chi connectivity index (χ1v) is 22.3. The summed E-state index contributed by atoms with van der Waals surface area (Å²) in [7, 11) is 0. The van der Waals surface area contributed by atoms with Crippen molar-refractivity contribution in [3.05, 3.63) is 0 Å². The maximum atomic E-state index is 13.5. The van der Waals surface area contributed by atoms with Crippen molar-refractivity contribution in [3.8, 4) is 0 Å². The van der Waals surface area contributed by atoms with E-state index in [-0.39, 0.29) is 6.42 Å². The lowest BCUT2D eigenvalue weighted by atomic mass is 9.67. The Hall–Kier alpha value is -1.06. The van der Waals surface area contributed by atoms with Gasteiger partial charge in [-0.15, -0.1) is 0 Å². The topological polar surface area (TPSA) is 80.3 Å². The molecule has 49 heavy (non-hydrogen) atoms. The number of carbonyl (C=O) groups is 2. The second kappa shape index (κ2) is 35.3. The molecule has 0 N–H and O–H groups in total. The number of hydrogen-bond acceptors (Lipinski definition) is 4. The molecule has 0 aliphatic carbocycles. The van der Waals surface area contributed by atoms with E-state index in [0.717, 1.165) is 57.8 Å². The van der Waals surface area contributed by atoms with Crippen molar-refractivity contribution in [2.75, 3.05) is 0 Å². The Bertz CT molecular complexity index is 681. The largest absolute Gasteiger partial charge is 0.550 e. The van der Waals surface area contributed by atoms with Crippen LogP contribution in [0.4, 0.5) is 0 Å². The van der Waals surface area contributed by atoms with Crippen LogP contribution in [0.15, 0.2) is 0 Å². The van der Waals surface area contributed by atoms with Crippen LogP contribution in [-0.2, 0) is 9.59 Å². The van der Waals surface area contributed by atoms with Crippen LogP contribution in [-0.4, -0.2) is 11.9 Å².